The predicted octanol–water partition coefficient (Wildman–Crippen LogP) is 3.17. The number of rotatable bonds is 5. The summed E-state index contributed by atoms with van der Waals surface area (Å²) in [5.41, 5.74) is 5.70. The standard InChI is InChI=1S/C11H18BrNOS/c1-7(2)5-8(6-13)11(14)9-3-4-10(12)15-9/h3-4,7-8,11,14H,5-6,13H2,1-2H3. The molecule has 2 atom stereocenters. The van der Waals surface area contributed by atoms with Gasteiger partial charge >= 0.3 is 0 Å². The van der Waals surface area contributed by atoms with Gasteiger partial charge in [-0.3, -0.25) is 0 Å². The minimum Gasteiger partial charge on any atom is -0.387 e. The second kappa shape index (κ2) is 5.99. The van der Waals surface area contributed by atoms with Crippen molar-refractivity contribution in [1.82, 2.24) is 0 Å². The highest BCUT2D eigenvalue weighted by atomic mass is 79.9. The molecule has 0 radical (unpaired) electrons. The number of hydrogen-bond donors (Lipinski definition) is 2. The Balaban J connectivity index is 2.68. The van der Waals surface area contributed by atoms with Crippen molar-refractivity contribution >= 4 is 27.3 Å². The highest BCUT2D eigenvalue weighted by Gasteiger charge is 2.21. The maximum absolute atomic E-state index is 10.2. The molecule has 2 nitrogen and oxygen atoms in total. The summed E-state index contributed by atoms with van der Waals surface area (Å²) in [6.07, 6.45) is 0.543. The van der Waals surface area contributed by atoms with Crippen molar-refractivity contribution in [1.29, 1.82) is 0 Å². The molecule has 0 bridgehead atoms. The van der Waals surface area contributed by atoms with E-state index < -0.39 is 6.10 Å². The summed E-state index contributed by atoms with van der Waals surface area (Å²) >= 11 is 4.98. The zero-order valence-electron chi connectivity index (χ0n) is 9.11. The Morgan fingerprint density at radius 3 is 2.53 bits per heavy atom. The average Bonchev–Trinajstić information content (AvgIpc) is 2.60. The van der Waals surface area contributed by atoms with Crippen molar-refractivity contribution in [2.75, 3.05) is 6.54 Å². The van der Waals surface area contributed by atoms with Gasteiger partial charge in [-0.2, -0.15) is 0 Å². The third-order valence-corrected chi connectivity index (χ3v) is 4.10. The fourth-order valence-electron chi connectivity index (χ4n) is 1.68. The zero-order valence-corrected chi connectivity index (χ0v) is 11.5. The maximum atomic E-state index is 10.2. The lowest BCUT2D eigenvalue weighted by Gasteiger charge is -2.22. The number of nitrogens with two attached hydrogens (primary N) is 1. The molecule has 1 aromatic rings. The highest BCUT2D eigenvalue weighted by Crippen LogP contribution is 2.33. The largest absolute Gasteiger partial charge is 0.387 e. The molecule has 4 heteroatoms. The summed E-state index contributed by atoms with van der Waals surface area (Å²) in [4.78, 5) is 0.998. The van der Waals surface area contributed by atoms with Crippen LogP contribution in [0.4, 0.5) is 0 Å². The van der Waals surface area contributed by atoms with Gasteiger partial charge in [0.25, 0.3) is 0 Å². The highest BCUT2D eigenvalue weighted by molar-refractivity contribution is 9.11. The fourth-order valence-corrected chi connectivity index (χ4v) is 3.18. The Labute approximate surface area is 104 Å². The van der Waals surface area contributed by atoms with Crippen LogP contribution in [0, 0.1) is 11.8 Å². The van der Waals surface area contributed by atoms with E-state index in [1.165, 1.54) is 0 Å². The van der Waals surface area contributed by atoms with Crippen LogP contribution < -0.4 is 5.73 Å². The van der Waals surface area contributed by atoms with E-state index >= 15 is 0 Å². The van der Waals surface area contributed by atoms with Crippen molar-refractivity contribution in [3.8, 4) is 0 Å². The average molecular weight is 292 g/mol. The first kappa shape index (κ1) is 13.2. The van der Waals surface area contributed by atoms with Crippen LogP contribution in [0.2, 0.25) is 0 Å². The lowest BCUT2D eigenvalue weighted by molar-refractivity contribution is 0.103. The normalized spacial score (nSPS) is 15.6. The van der Waals surface area contributed by atoms with Crippen LogP contribution in [0.5, 0.6) is 0 Å². The first-order valence-electron chi connectivity index (χ1n) is 5.18. The molecule has 0 saturated carbocycles. The van der Waals surface area contributed by atoms with E-state index in [4.69, 9.17) is 5.73 Å². The Hall–Kier alpha value is 0.1000. The Bertz CT molecular complexity index is 301. The Morgan fingerprint density at radius 1 is 1.47 bits per heavy atom. The van der Waals surface area contributed by atoms with E-state index in [1.807, 2.05) is 12.1 Å². The van der Waals surface area contributed by atoms with E-state index in [9.17, 15) is 5.11 Å². The minimum atomic E-state index is -0.423. The number of aliphatic hydroxyl groups excluding tert-OH is 1. The van der Waals surface area contributed by atoms with Gasteiger partial charge in [-0.25, -0.2) is 0 Å². The molecule has 0 aliphatic rings. The van der Waals surface area contributed by atoms with Gasteiger partial charge in [0, 0.05) is 10.8 Å². The molecule has 0 aromatic carbocycles. The van der Waals surface area contributed by atoms with E-state index in [2.05, 4.69) is 29.8 Å². The zero-order chi connectivity index (χ0) is 11.4. The molecule has 0 aliphatic heterocycles. The van der Waals surface area contributed by atoms with Crippen molar-refractivity contribution in [2.24, 2.45) is 17.6 Å². The van der Waals surface area contributed by atoms with E-state index in [0.29, 0.717) is 12.5 Å². The maximum Gasteiger partial charge on any atom is 0.0922 e. The van der Waals surface area contributed by atoms with Gasteiger partial charge in [-0.15, -0.1) is 11.3 Å². The third kappa shape index (κ3) is 3.87. The Morgan fingerprint density at radius 2 is 2.13 bits per heavy atom. The number of thiophene rings is 1. The summed E-state index contributed by atoms with van der Waals surface area (Å²) in [7, 11) is 0. The molecule has 1 heterocycles. The molecule has 0 spiro atoms. The van der Waals surface area contributed by atoms with Gasteiger partial charge in [-0.1, -0.05) is 13.8 Å². The molecule has 0 amide bonds. The van der Waals surface area contributed by atoms with Crippen LogP contribution in [0.3, 0.4) is 0 Å². The third-order valence-electron chi connectivity index (χ3n) is 2.41. The summed E-state index contributed by atoms with van der Waals surface area (Å²) in [6.45, 7) is 4.84. The van der Waals surface area contributed by atoms with Crippen molar-refractivity contribution in [2.45, 2.75) is 26.4 Å². The van der Waals surface area contributed by atoms with Crippen LogP contribution in [0.1, 0.15) is 31.2 Å². The van der Waals surface area contributed by atoms with Crippen LogP contribution >= 0.6 is 27.3 Å². The molecule has 0 fully saturated rings. The predicted molar refractivity (Wildman–Crippen MR) is 69.0 cm³/mol. The van der Waals surface area contributed by atoms with Crippen molar-refractivity contribution in [3.63, 3.8) is 0 Å². The lowest BCUT2D eigenvalue weighted by Crippen LogP contribution is -2.23. The van der Waals surface area contributed by atoms with Crippen LogP contribution in [0.25, 0.3) is 0 Å². The first-order chi connectivity index (χ1) is 7.04. The lowest BCUT2D eigenvalue weighted by atomic mass is 9.91. The van der Waals surface area contributed by atoms with E-state index in [0.717, 1.165) is 15.1 Å². The molecular formula is C11H18BrNOS. The molecule has 3 N–H and O–H groups in total. The van der Waals surface area contributed by atoms with Gasteiger partial charge in [0.05, 0.1) is 9.89 Å². The molecule has 0 saturated heterocycles. The number of aliphatic hydroxyl groups is 1. The number of hydrogen-bond acceptors (Lipinski definition) is 3. The smallest absolute Gasteiger partial charge is 0.0922 e. The molecule has 15 heavy (non-hydrogen) atoms. The van der Waals surface area contributed by atoms with Gasteiger partial charge in [0.1, 0.15) is 0 Å². The first-order valence-corrected chi connectivity index (χ1v) is 6.79. The monoisotopic (exact) mass is 291 g/mol. The SMILES string of the molecule is CC(C)CC(CN)C(O)c1ccc(Br)s1. The van der Waals surface area contributed by atoms with Crippen LogP contribution in [0.15, 0.2) is 15.9 Å². The second-order valence-corrected chi connectivity index (χ2v) is 6.71. The summed E-state index contributed by atoms with van der Waals surface area (Å²) in [5.74, 6) is 0.729. The minimum absolute atomic E-state index is 0.163. The topological polar surface area (TPSA) is 46.2 Å². The molecular weight excluding hydrogens is 274 g/mol. The second-order valence-electron chi connectivity index (χ2n) is 4.21. The summed E-state index contributed by atoms with van der Waals surface area (Å²) in [6, 6.07) is 3.93. The molecule has 86 valence electrons. The van der Waals surface area contributed by atoms with Crippen LogP contribution in [-0.2, 0) is 0 Å². The molecule has 0 aliphatic carbocycles. The van der Waals surface area contributed by atoms with Gasteiger partial charge in [-0.05, 0) is 46.9 Å². The molecule has 1 rings (SSSR count). The van der Waals surface area contributed by atoms with Gasteiger partial charge in [0.2, 0.25) is 0 Å². The molecule has 1 aromatic heterocycles. The quantitative estimate of drug-likeness (QED) is 0.875. The summed E-state index contributed by atoms with van der Waals surface area (Å²) in [5, 5.41) is 10.2. The summed E-state index contributed by atoms with van der Waals surface area (Å²) < 4.78 is 1.05. The number of halogens is 1. The van der Waals surface area contributed by atoms with E-state index in [-0.39, 0.29) is 5.92 Å². The fraction of sp³-hybridized carbons (Fsp3) is 0.636. The Kier molecular flexibility index (Phi) is 5.26. The van der Waals surface area contributed by atoms with Crippen molar-refractivity contribution in [3.05, 3.63) is 20.8 Å². The van der Waals surface area contributed by atoms with Gasteiger partial charge < -0.3 is 10.8 Å². The van der Waals surface area contributed by atoms with Gasteiger partial charge in [0.15, 0.2) is 0 Å². The van der Waals surface area contributed by atoms with Crippen molar-refractivity contribution < 1.29 is 5.11 Å². The van der Waals surface area contributed by atoms with E-state index in [1.54, 1.807) is 11.3 Å². The molecule has 2 unspecified atom stereocenters. The van der Waals surface area contributed by atoms with Crippen LogP contribution in [-0.4, -0.2) is 11.7 Å².